The number of rotatable bonds is 5. The van der Waals surface area contributed by atoms with Gasteiger partial charge in [0.2, 0.25) is 0 Å². The zero-order chi connectivity index (χ0) is 27.9. The zero-order valence-corrected chi connectivity index (χ0v) is 23.8. The Morgan fingerprint density at radius 3 is 1.90 bits per heavy atom. The molecule has 7 aromatic rings. The predicted molar refractivity (Wildman–Crippen MR) is 182 cm³/mol. The van der Waals surface area contributed by atoms with E-state index in [0.717, 1.165) is 23.6 Å². The number of anilines is 4. The molecule has 0 spiro atoms. The van der Waals surface area contributed by atoms with Crippen molar-refractivity contribution in [2.45, 2.75) is 0 Å². The van der Waals surface area contributed by atoms with E-state index in [9.17, 15) is 0 Å². The number of hydrogen-bond acceptors (Lipinski definition) is 3. The van der Waals surface area contributed by atoms with Gasteiger partial charge in [-0.05, 0) is 81.6 Å². The molecule has 1 aliphatic heterocycles. The van der Waals surface area contributed by atoms with E-state index < -0.39 is 0 Å². The lowest BCUT2D eigenvalue weighted by atomic mass is 10.0. The first-order chi connectivity index (χ1) is 20.8. The number of nitrogens with zero attached hydrogens (tertiary/aromatic N) is 1. The largest absolute Gasteiger partial charge is 0.373 e. The van der Waals surface area contributed by atoms with Gasteiger partial charge in [-0.1, -0.05) is 103 Å². The highest BCUT2D eigenvalue weighted by atomic mass is 32.1. The Morgan fingerprint density at radius 1 is 0.524 bits per heavy atom. The van der Waals surface area contributed by atoms with Gasteiger partial charge < -0.3 is 10.2 Å². The van der Waals surface area contributed by atoms with Crippen LogP contribution in [0.2, 0.25) is 0 Å². The molecular weight excluding hydrogens is 529 g/mol. The second kappa shape index (κ2) is 10.4. The van der Waals surface area contributed by atoms with Crippen molar-refractivity contribution in [1.29, 1.82) is 0 Å². The fourth-order valence-corrected chi connectivity index (χ4v) is 7.00. The first-order valence-electron chi connectivity index (χ1n) is 14.3. The Morgan fingerprint density at radius 2 is 1.14 bits per heavy atom. The molecule has 200 valence electrons. The third kappa shape index (κ3) is 4.45. The Labute approximate surface area is 249 Å². The molecule has 0 aliphatic carbocycles. The second-order valence-electron chi connectivity index (χ2n) is 10.7. The van der Waals surface area contributed by atoms with Crippen molar-refractivity contribution >= 4 is 60.3 Å². The lowest BCUT2D eigenvalue weighted by Gasteiger charge is -2.26. The van der Waals surface area contributed by atoms with Gasteiger partial charge in [0.1, 0.15) is 0 Å². The Balaban J connectivity index is 1.22. The predicted octanol–water partition coefficient (Wildman–Crippen LogP) is 11.3. The smallest absolute Gasteiger partial charge is 0.0971 e. The fraction of sp³-hybridized carbons (Fsp3) is 0.0256. The van der Waals surface area contributed by atoms with Gasteiger partial charge in [-0.3, -0.25) is 0 Å². The van der Waals surface area contributed by atoms with Crippen LogP contribution >= 0.6 is 11.3 Å². The van der Waals surface area contributed by atoms with Gasteiger partial charge in [0.15, 0.2) is 0 Å². The van der Waals surface area contributed by atoms with Crippen LogP contribution in [-0.4, -0.2) is 6.54 Å². The molecule has 6 aromatic carbocycles. The molecule has 8 rings (SSSR count). The summed E-state index contributed by atoms with van der Waals surface area (Å²) in [7, 11) is 0. The molecule has 1 N–H and O–H groups in total. The highest BCUT2D eigenvalue weighted by Gasteiger charge is 2.17. The number of hydrogen-bond donors (Lipinski definition) is 1. The fourth-order valence-electron chi connectivity index (χ4n) is 5.92. The molecular formula is C39H28N2S. The van der Waals surface area contributed by atoms with E-state index >= 15 is 0 Å². The van der Waals surface area contributed by atoms with Gasteiger partial charge in [0.25, 0.3) is 0 Å². The maximum atomic E-state index is 3.54. The maximum Gasteiger partial charge on any atom is 0.0971 e. The number of benzene rings is 6. The third-order valence-corrected chi connectivity index (χ3v) is 9.22. The molecule has 42 heavy (non-hydrogen) atoms. The van der Waals surface area contributed by atoms with E-state index in [4.69, 9.17) is 0 Å². The Bertz CT molecular complexity index is 2070. The molecule has 0 atom stereocenters. The summed E-state index contributed by atoms with van der Waals surface area (Å²) in [5.74, 6) is 0. The Kier molecular flexibility index (Phi) is 6.09. The minimum atomic E-state index is 0.885. The molecule has 3 heteroatoms. The monoisotopic (exact) mass is 556 g/mol. The van der Waals surface area contributed by atoms with E-state index in [-0.39, 0.29) is 0 Å². The third-order valence-electron chi connectivity index (χ3n) is 8.07. The van der Waals surface area contributed by atoms with Crippen molar-refractivity contribution in [1.82, 2.24) is 0 Å². The van der Waals surface area contributed by atoms with Crippen LogP contribution in [0.15, 0.2) is 146 Å². The van der Waals surface area contributed by atoms with Crippen molar-refractivity contribution in [2.24, 2.45) is 0 Å². The van der Waals surface area contributed by atoms with Crippen LogP contribution in [0.3, 0.4) is 0 Å². The molecule has 1 aliphatic rings. The highest BCUT2D eigenvalue weighted by molar-refractivity contribution is 7.23. The van der Waals surface area contributed by atoms with Crippen LogP contribution in [0.1, 0.15) is 5.56 Å². The number of nitrogens with one attached hydrogen (secondary N) is 1. The first kappa shape index (κ1) is 24.7. The molecule has 0 unspecified atom stereocenters. The summed E-state index contributed by atoms with van der Waals surface area (Å²) in [6.07, 6.45) is 4.46. The normalized spacial score (nSPS) is 12.3. The van der Waals surface area contributed by atoms with Crippen LogP contribution in [0.25, 0.3) is 49.2 Å². The molecule has 0 amide bonds. The summed E-state index contributed by atoms with van der Waals surface area (Å²) in [6.45, 7) is 0.885. The van der Waals surface area contributed by atoms with Gasteiger partial charge in [0.05, 0.1) is 5.00 Å². The molecule has 0 radical (unpaired) electrons. The standard InChI is InChI=1S/C39H28N2S/c1-2-7-27(8-3-1)29-14-18-33(19-15-29)41(35-22-23-38-37(26-35)36-11-6-24-40-39(36)42-38)34-20-16-30(17-21-34)32-13-12-28-9-4-5-10-31(28)25-32/h1-23,25-26,40H,24H2. The van der Waals surface area contributed by atoms with E-state index in [0.29, 0.717) is 0 Å². The van der Waals surface area contributed by atoms with Crippen LogP contribution in [0.4, 0.5) is 22.1 Å². The summed E-state index contributed by atoms with van der Waals surface area (Å²) in [5.41, 5.74) is 9.56. The molecule has 0 saturated heterocycles. The summed E-state index contributed by atoms with van der Waals surface area (Å²) < 4.78 is 1.30. The van der Waals surface area contributed by atoms with Crippen LogP contribution in [-0.2, 0) is 0 Å². The summed E-state index contributed by atoms with van der Waals surface area (Å²) >= 11 is 1.83. The number of thiophene rings is 1. The molecule has 0 fully saturated rings. The number of fused-ring (bicyclic) bond motifs is 4. The second-order valence-corrected chi connectivity index (χ2v) is 11.7. The Hall–Kier alpha value is -5.12. The average Bonchev–Trinajstić information content (AvgIpc) is 3.44. The van der Waals surface area contributed by atoms with Gasteiger partial charge >= 0.3 is 0 Å². The first-order valence-corrected chi connectivity index (χ1v) is 15.1. The van der Waals surface area contributed by atoms with Gasteiger partial charge in [-0.15, -0.1) is 11.3 Å². The SMILES string of the molecule is C1=Cc2c(sc3ccc(N(c4ccc(-c5ccccc5)cc4)c4ccc(-c5ccc6ccccc6c5)cc4)cc23)NC1. The van der Waals surface area contributed by atoms with Crippen molar-refractivity contribution in [2.75, 3.05) is 16.8 Å². The zero-order valence-electron chi connectivity index (χ0n) is 23.0. The summed E-state index contributed by atoms with van der Waals surface area (Å²) in [5, 5.41) is 8.60. The van der Waals surface area contributed by atoms with E-state index in [1.54, 1.807) is 0 Å². The van der Waals surface area contributed by atoms with Crippen molar-refractivity contribution in [3.05, 3.63) is 151 Å². The van der Waals surface area contributed by atoms with Crippen molar-refractivity contribution < 1.29 is 0 Å². The quantitative estimate of drug-likeness (QED) is 0.227. The van der Waals surface area contributed by atoms with Gasteiger partial charge in [-0.2, -0.15) is 0 Å². The highest BCUT2D eigenvalue weighted by Crippen LogP contribution is 2.43. The summed E-state index contributed by atoms with van der Waals surface area (Å²) in [4.78, 5) is 2.36. The maximum absolute atomic E-state index is 3.54. The minimum absolute atomic E-state index is 0.885. The van der Waals surface area contributed by atoms with Crippen LogP contribution in [0, 0.1) is 0 Å². The van der Waals surface area contributed by atoms with E-state index in [2.05, 4.69) is 162 Å². The lowest BCUT2D eigenvalue weighted by molar-refractivity contribution is 1.29. The van der Waals surface area contributed by atoms with Crippen molar-refractivity contribution in [3.63, 3.8) is 0 Å². The molecule has 0 bridgehead atoms. The van der Waals surface area contributed by atoms with E-state index in [1.807, 2.05) is 11.3 Å². The topological polar surface area (TPSA) is 15.3 Å². The van der Waals surface area contributed by atoms with Crippen molar-refractivity contribution in [3.8, 4) is 22.3 Å². The van der Waals surface area contributed by atoms with Gasteiger partial charge in [-0.25, -0.2) is 0 Å². The van der Waals surface area contributed by atoms with E-state index in [1.165, 1.54) is 53.7 Å². The van der Waals surface area contributed by atoms with Crippen LogP contribution in [0.5, 0.6) is 0 Å². The van der Waals surface area contributed by atoms with Crippen LogP contribution < -0.4 is 10.2 Å². The molecule has 0 saturated carbocycles. The molecule has 1 aromatic heterocycles. The average molecular weight is 557 g/mol. The molecule has 2 heterocycles. The molecule has 2 nitrogen and oxygen atoms in total. The summed E-state index contributed by atoms with van der Waals surface area (Å²) in [6, 6.07) is 50.5. The minimum Gasteiger partial charge on any atom is -0.373 e. The van der Waals surface area contributed by atoms with Gasteiger partial charge in [0, 0.05) is 39.3 Å². The lowest BCUT2D eigenvalue weighted by Crippen LogP contribution is -2.09.